The fourth-order valence-corrected chi connectivity index (χ4v) is 5.33. The molecule has 3 nitrogen and oxygen atoms in total. The fraction of sp³-hybridized carbons (Fsp3) is 0.148. The second-order valence-corrected chi connectivity index (χ2v) is 8.44. The minimum Gasteiger partial charge on any atom is -1.00 e. The van der Waals surface area contributed by atoms with E-state index in [4.69, 9.17) is 4.74 Å². The standard InChI is InChI=1S/C27H25N2OS.HI/c1-3-28-22-15-8-9-16-23(22)30-25(28)18-11-19-26-29(4-2)27-21(14-10-17-24(27)31-26)20-12-6-5-7-13-20;/h5-19H,3-4H2,1-2H3;1H/q+1;/p-1. The number of para-hydroxylation sites is 3. The highest BCUT2D eigenvalue weighted by molar-refractivity contribution is 7.18. The summed E-state index contributed by atoms with van der Waals surface area (Å²) >= 11 is 1.83. The minimum absolute atomic E-state index is 0. The van der Waals surface area contributed by atoms with Crippen LogP contribution < -0.4 is 38.2 Å². The minimum atomic E-state index is 0. The number of ether oxygens (including phenoxy) is 1. The SMILES string of the molecule is CCN1/C(=C\C=C\c2sc3cccc(-c4ccccc4)c3[n+]2CC)Oc2ccccc21.[I-]. The van der Waals surface area contributed by atoms with Crippen LogP contribution in [0.1, 0.15) is 18.9 Å². The van der Waals surface area contributed by atoms with E-state index >= 15 is 0 Å². The van der Waals surface area contributed by atoms with E-state index in [1.54, 1.807) is 0 Å². The summed E-state index contributed by atoms with van der Waals surface area (Å²) in [5.41, 5.74) is 4.96. The number of nitrogens with zero attached hydrogens (tertiary/aromatic N) is 2. The van der Waals surface area contributed by atoms with Gasteiger partial charge in [-0.3, -0.25) is 0 Å². The van der Waals surface area contributed by atoms with Crippen LogP contribution in [0.4, 0.5) is 5.69 Å². The fourth-order valence-electron chi connectivity index (χ4n) is 4.17. The van der Waals surface area contributed by atoms with Crippen molar-refractivity contribution in [1.29, 1.82) is 0 Å². The molecule has 1 aliphatic heterocycles. The molecule has 0 spiro atoms. The zero-order valence-electron chi connectivity index (χ0n) is 18.2. The summed E-state index contributed by atoms with van der Waals surface area (Å²) in [6, 6.07) is 25.4. The lowest BCUT2D eigenvalue weighted by molar-refractivity contribution is -0.664. The molecule has 1 aliphatic rings. The van der Waals surface area contributed by atoms with Crippen LogP contribution in [-0.2, 0) is 6.54 Å². The van der Waals surface area contributed by atoms with Gasteiger partial charge in [-0.05, 0) is 55.8 Å². The normalized spacial score (nSPS) is 14.1. The molecule has 2 heterocycles. The molecule has 0 saturated heterocycles. The van der Waals surface area contributed by atoms with E-state index in [1.165, 1.54) is 26.4 Å². The number of aromatic nitrogens is 1. The van der Waals surface area contributed by atoms with E-state index in [9.17, 15) is 0 Å². The van der Waals surface area contributed by atoms with Gasteiger partial charge in [0.15, 0.2) is 5.75 Å². The highest BCUT2D eigenvalue weighted by Gasteiger charge is 2.24. The molecule has 0 aliphatic carbocycles. The van der Waals surface area contributed by atoms with Crippen molar-refractivity contribution in [2.24, 2.45) is 0 Å². The highest BCUT2D eigenvalue weighted by Crippen LogP contribution is 2.38. The van der Waals surface area contributed by atoms with Crippen LogP contribution in [0.25, 0.3) is 27.4 Å². The third kappa shape index (κ3) is 4.07. The maximum absolute atomic E-state index is 6.07. The summed E-state index contributed by atoms with van der Waals surface area (Å²) in [5, 5.41) is 1.23. The van der Waals surface area contributed by atoms with Crippen molar-refractivity contribution in [3.63, 3.8) is 0 Å². The third-order valence-corrected chi connectivity index (χ3v) is 6.70. The van der Waals surface area contributed by atoms with Crippen LogP contribution in [0, 0.1) is 0 Å². The van der Waals surface area contributed by atoms with Crippen LogP contribution in [-0.4, -0.2) is 6.54 Å². The Kier molecular flexibility index (Phi) is 6.96. The van der Waals surface area contributed by atoms with E-state index in [0.29, 0.717) is 0 Å². The monoisotopic (exact) mass is 552 g/mol. The summed E-state index contributed by atoms with van der Waals surface area (Å²) in [6.45, 7) is 6.14. The van der Waals surface area contributed by atoms with Crippen molar-refractivity contribution in [2.45, 2.75) is 20.4 Å². The van der Waals surface area contributed by atoms with Gasteiger partial charge in [0.1, 0.15) is 11.2 Å². The lowest BCUT2D eigenvalue weighted by atomic mass is 10.0. The number of hydrogen-bond acceptors (Lipinski definition) is 3. The number of aryl methyl sites for hydroxylation is 1. The zero-order valence-corrected chi connectivity index (χ0v) is 21.1. The van der Waals surface area contributed by atoms with Crippen molar-refractivity contribution in [1.82, 2.24) is 0 Å². The number of benzene rings is 3. The Morgan fingerprint density at radius 3 is 2.50 bits per heavy atom. The summed E-state index contributed by atoms with van der Waals surface area (Å²) < 4.78 is 9.78. The van der Waals surface area contributed by atoms with Gasteiger partial charge in [0.2, 0.25) is 11.4 Å². The Bertz CT molecular complexity index is 1290. The largest absolute Gasteiger partial charge is 1.00 e. The summed E-state index contributed by atoms with van der Waals surface area (Å²) in [6.07, 6.45) is 6.35. The van der Waals surface area contributed by atoms with Gasteiger partial charge in [-0.2, -0.15) is 4.57 Å². The van der Waals surface area contributed by atoms with Crippen LogP contribution in [0.2, 0.25) is 0 Å². The summed E-state index contributed by atoms with van der Waals surface area (Å²) in [4.78, 5) is 2.20. The quantitative estimate of drug-likeness (QED) is 0.278. The first-order valence-corrected chi connectivity index (χ1v) is 11.6. The molecule has 5 rings (SSSR count). The molecule has 4 aromatic rings. The maximum Gasteiger partial charge on any atom is 0.262 e. The average Bonchev–Trinajstić information content (AvgIpc) is 3.36. The van der Waals surface area contributed by atoms with Gasteiger partial charge < -0.3 is 33.6 Å². The third-order valence-electron chi connectivity index (χ3n) is 5.58. The molecule has 32 heavy (non-hydrogen) atoms. The first kappa shape index (κ1) is 22.6. The van der Waals surface area contributed by atoms with Crippen LogP contribution in [0.3, 0.4) is 0 Å². The van der Waals surface area contributed by atoms with Gasteiger partial charge in [-0.15, -0.1) is 0 Å². The van der Waals surface area contributed by atoms with Gasteiger partial charge in [0.25, 0.3) is 5.01 Å². The molecule has 0 atom stereocenters. The zero-order chi connectivity index (χ0) is 21.2. The predicted molar refractivity (Wildman–Crippen MR) is 130 cm³/mol. The van der Waals surface area contributed by atoms with E-state index in [1.807, 2.05) is 23.5 Å². The number of halogens is 1. The molecular formula is C27H25IN2OS. The molecule has 0 radical (unpaired) electrons. The maximum atomic E-state index is 6.07. The van der Waals surface area contributed by atoms with Gasteiger partial charge in [-0.25, -0.2) is 0 Å². The molecule has 0 unspecified atom stereocenters. The van der Waals surface area contributed by atoms with E-state index in [0.717, 1.165) is 30.4 Å². The molecule has 0 bridgehead atoms. The molecule has 0 fully saturated rings. The second kappa shape index (κ2) is 9.88. The van der Waals surface area contributed by atoms with Crippen molar-refractivity contribution >= 4 is 33.3 Å². The second-order valence-electron chi connectivity index (χ2n) is 7.38. The molecule has 0 N–H and O–H groups in total. The molecule has 5 heteroatoms. The van der Waals surface area contributed by atoms with Crippen LogP contribution >= 0.6 is 11.3 Å². The van der Waals surface area contributed by atoms with Gasteiger partial charge >= 0.3 is 0 Å². The average molecular weight is 552 g/mol. The Morgan fingerprint density at radius 2 is 1.72 bits per heavy atom. The lowest BCUT2D eigenvalue weighted by Crippen LogP contribution is -3.00. The van der Waals surface area contributed by atoms with Crippen molar-refractivity contribution < 1.29 is 33.3 Å². The number of fused-ring (bicyclic) bond motifs is 2. The Morgan fingerprint density at radius 1 is 0.938 bits per heavy atom. The molecule has 1 aromatic heterocycles. The predicted octanol–water partition coefficient (Wildman–Crippen LogP) is 3.65. The number of anilines is 1. The van der Waals surface area contributed by atoms with E-state index < -0.39 is 0 Å². The van der Waals surface area contributed by atoms with Crippen LogP contribution in [0.5, 0.6) is 5.75 Å². The van der Waals surface area contributed by atoms with Crippen LogP contribution in [0.15, 0.2) is 90.8 Å². The number of allylic oxidation sites excluding steroid dienone is 2. The Labute approximate surface area is 210 Å². The van der Waals surface area contributed by atoms with Gasteiger partial charge in [0.05, 0.1) is 11.3 Å². The summed E-state index contributed by atoms with van der Waals surface area (Å²) in [7, 11) is 0. The lowest BCUT2D eigenvalue weighted by Gasteiger charge is -2.14. The first-order chi connectivity index (χ1) is 15.3. The number of thiazole rings is 1. The first-order valence-electron chi connectivity index (χ1n) is 10.7. The van der Waals surface area contributed by atoms with Gasteiger partial charge in [-0.1, -0.05) is 59.9 Å². The van der Waals surface area contributed by atoms with Gasteiger partial charge in [0, 0.05) is 12.6 Å². The topological polar surface area (TPSA) is 16.4 Å². The Hall–Kier alpha value is -2.64. The van der Waals surface area contributed by atoms with Crippen molar-refractivity contribution in [3.8, 4) is 16.9 Å². The molecule has 0 amide bonds. The number of hydrogen-bond donors (Lipinski definition) is 0. The molecular weight excluding hydrogens is 527 g/mol. The smallest absolute Gasteiger partial charge is 0.262 e. The highest BCUT2D eigenvalue weighted by atomic mass is 127. The summed E-state index contributed by atoms with van der Waals surface area (Å²) in [5.74, 6) is 1.79. The molecule has 162 valence electrons. The van der Waals surface area contributed by atoms with Crippen molar-refractivity contribution in [3.05, 3.63) is 95.8 Å². The van der Waals surface area contributed by atoms with Crippen molar-refractivity contribution in [2.75, 3.05) is 11.4 Å². The molecule has 0 saturated carbocycles. The number of rotatable bonds is 5. The van der Waals surface area contributed by atoms with E-state index in [2.05, 4.69) is 102 Å². The Balaban J connectivity index is 0.00000245. The molecule has 3 aromatic carbocycles. The van der Waals surface area contributed by atoms with E-state index in [-0.39, 0.29) is 24.0 Å².